The van der Waals surface area contributed by atoms with Gasteiger partial charge in [0, 0.05) is 18.0 Å². The van der Waals surface area contributed by atoms with E-state index in [1.54, 1.807) is 19.1 Å². The van der Waals surface area contributed by atoms with E-state index in [4.69, 9.17) is 9.84 Å². The second kappa shape index (κ2) is 5.56. The first kappa shape index (κ1) is 14.4. The molecule has 1 heterocycles. The zero-order valence-electron chi connectivity index (χ0n) is 11.1. The van der Waals surface area contributed by atoms with Gasteiger partial charge in [0.2, 0.25) is 0 Å². The Morgan fingerprint density at radius 3 is 2.70 bits per heavy atom. The highest BCUT2D eigenvalue weighted by molar-refractivity contribution is 7.90. The largest absolute Gasteiger partial charge is 0.424 e. The summed E-state index contributed by atoms with van der Waals surface area (Å²) in [5.41, 5.74) is 1.22. The number of benzene rings is 1. The molecule has 0 saturated carbocycles. The van der Waals surface area contributed by atoms with Crippen molar-refractivity contribution in [3.63, 3.8) is 0 Å². The van der Waals surface area contributed by atoms with Gasteiger partial charge in [-0.25, -0.2) is 13.4 Å². The fourth-order valence-electron chi connectivity index (χ4n) is 1.55. The average molecular weight is 294 g/mol. The van der Waals surface area contributed by atoms with Crippen LogP contribution in [0.15, 0.2) is 35.4 Å². The number of rotatable bonds is 4. The van der Waals surface area contributed by atoms with E-state index >= 15 is 0 Å². The minimum Gasteiger partial charge on any atom is -0.424 e. The number of hydrogen-bond acceptors (Lipinski definition) is 6. The molecule has 106 valence electrons. The van der Waals surface area contributed by atoms with Crippen molar-refractivity contribution in [3.05, 3.63) is 41.7 Å². The molecular weight excluding hydrogens is 280 g/mol. The van der Waals surface area contributed by atoms with E-state index in [9.17, 15) is 8.42 Å². The molecule has 0 aliphatic carbocycles. The van der Waals surface area contributed by atoms with Crippen molar-refractivity contribution in [1.82, 2.24) is 9.97 Å². The molecule has 20 heavy (non-hydrogen) atoms. The number of hydrogen-bond donors (Lipinski definition) is 1. The van der Waals surface area contributed by atoms with Crippen molar-refractivity contribution in [2.24, 2.45) is 0 Å². The number of aromatic nitrogens is 2. The standard InChI is InChI=1S/C13H14N2O4S/c1-9-10(8-16)7-14-13(15-9)19-11-4-3-5-12(6-11)20(2,17)18/h3-7,16H,8H2,1-2H3. The van der Waals surface area contributed by atoms with Crippen molar-refractivity contribution >= 4 is 9.84 Å². The van der Waals surface area contributed by atoms with Gasteiger partial charge in [-0.2, -0.15) is 4.98 Å². The minimum absolute atomic E-state index is 0.102. The van der Waals surface area contributed by atoms with Gasteiger partial charge in [0.05, 0.1) is 17.2 Å². The maximum Gasteiger partial charge on any atom is 0.322 e. The van der Waals surface area contributed by atoms with E-state index < -0.39 is 9.84 Å². The van der Waals surface area contributed by atoms with Crippen LogP contribution in [0.2, 0.25) is 0 Å². The first-order valence-corrected chi connectivity index (χ1v) is 7.70. The van der Waals surface area contributed by atoms with Crippen LogP contribution in [0.1, 0.15) is 11.3 Å². The van der Waals surface area contributed by atoms with Crippen LogP contribution in [0.4, 0.5) is 0 Å². The summed E-state index contributed by atoms with van der Waals surface area (Å²) in [6.45, 7) is 1.59. The van der Waals surface area contributed by atoms with Crippen molar-refractivity contribution < 1.29 is 18.3 Å². The SMILES string of the molecule is Cc1nc(Oc2cccc(S(C)(=O)=O)c2)ncc1CO. The Hall–Kier alpha value is -1.99. The lowest BCUT2D eigenvalue weighted by molar-refractivity contribution is 0.279. The molecule has 6 nitrogen and oxygen atoms in total. The van der Waals surface area contributed by atoms with Gasteiger partial charge in [-0.1, -0.05) is 6.07 Å². The van der Waals surface area contributed by atoms with Gasteiger partial charge in [0.25, 0.3) is 0 Å². The summed E-state index contributed by atoms with van der Waals surface area (Å²) in [4.78, 5) is 8.21. The van der Waals surface area contributed by atoms with Gasteiger partial charge in [-0.15, -0.1) is 0 Å². The second-order valence-corrected chi connectivity index (χ2v) is 6.29. The van der Waals surface area contributed by atoms with Gasteiger partial charge in [0.1, 0.15) is 5.75 Å². The fourth-order valence-corrected chi connectivity index (χ4v) is 2.20. The Kier molecular flexibility index (Phi) is 4.01. The summed E-state index contributed by atoms with van der Waals surface area (Å²) in [5.74, 6) is 0.337. The van der Waals surface area contributed by atoms with Crippen LogP contribution in [-0.4, -0.2) is 29.7 Å². The smallest absolute Gasteiger partial charge is 0.322 e. The minimum atomic E-state index is -3.29. The number of aliphatic hydroxyl groups is 1. The van der Waals surface area contributed by atoms with Crippen LogP contribution in [0.3, 0.4) is 0 Å². The number of ether oxygens (including phenoxy) is 1. The van der Waals surface area contributed by atoms with Gasteiger partial charge >= 0.3 is 6.01 Å². The van der Waals surface area contributed by atoms with Crippen molar-refractivity contribution in [1.29, 1.82) is 0 Å². The van der Waals surface area contributed by atoms with E-state index in [1.807, 2.05) is 0 Å². The van der Waals surface area contributed by atoms with E-state index in [1.165, 1.54) is 18.3 Å². The molecule has 0 saturated heterocycles. The van der Waals surface area contributed by atoms with Crippen LogP contribution < -0.4 is 4.74 Å². The summed E-state index contributed by atoms with van der Waals surface area (Å²) in [7, 11) is -3.29. The normalized spacial score (nSPS) is 11.3. The molecule has 0 atom stereocenters. The van der Waals surface area contributed by atoms with Gasteiger partial charge in [-0.05, 0) is 25.1 Å². The molecule has 2 aromatic rings. The molecule has 1 aromatic heterocycles. The van der Waals surface area contributed by atoms with Crippen molar-refractivity contribution in [2.75, 3.05) is 6.26 Å². The van der Waals surface area contributed by atoms with Gasteiger partial charge in [-0.3, -0.25) is 0 Å². The van der Waals surface area contributed by atoms with E-state index in [0.29, 0.717) is 17.0 Å². The zero-order chi connectivity index (χ0) is 14.8. The predicted molar refractivity (Wildman–Crippen MR) is 72.3 cm³/mol. The Labute approximate surface area is 117 Å². The lowest BCUT2D eigenvalue weighted by Crippen LogP contribution is -2.00. The molecule has 0 aliphatic rings. The molecular formula is C13H14N2O4S. The molecule has 0 radical (unpaired) electrons. The Balaban J connectivity index is 2.29. The van der Waals surface area contributed by atoms with E-state index in [2.05, 4.69) is 9.97 Å². The summed E-state index contributed by atoms with van der Waals surface area (Å²) in [5, 5.41) is 9.04. The molecule has 0 spiro atoms. The third-order valence-corrected chi connectivity index (χ3v) is 3.78. The van der Waals surface area contributed by atoms with E-state index in [0.717, 1.165) is 6.26 Å². The molecule has 0 bridgehead atoms. The Morgan fingerprint density at radius 2 is 2.10 bits per heavy atom. The fraction of sp³-hybridized carbons (Fsp3) is 0.231. The number of nitrogens with zero attached hydrogens (tertiary/aromatic N) is 2. The summed E-state index contributed by atoms with van der Waals surface area (Å²) in [6, 6.07) is 6.20. The molecule has 1 N–H and O–H groups in total. The Morgan fingerprint density at radius 1 is 1.35 bits per heavy atom. The maximum atomic E-state index is 11.5. The number of sulfone groups is 1. The third-order valence-electron chi connectivity index (χ3n) is 2.67. The lowest BCUT2D eigenvalue weighted by Gasteiger charge is -2.07. The number of aryl methyl sites for hydroxylation is 1. The van der Waals surface area contributed by atoms with Crippen LogP contribution >= 0.6 is 0 Å². The third kappa shape index (κ3) is 3.31. The lowest BCUT2D eigenvalue weighted by atomic mass is 10.3. The first-order chi connectivity index (χ1) is 9.40. The molecule has 1 aromatic carbocycles. The van der Waals surface area contributed by atoms with Gasteiger partial charge < -0.3 is 9.84 Å². The topological polar surface area (TPSA) is 89.4 Å². The summed E-state index contributed by atoms with van der Waals surface area (Å²) < 4.78 is 28.3. The highest BCUT2D eigenvalue weighted by Gasteiger charge is 2.10. The molecule has 0 fully saturated rings. The highest BCUT2D eigenvalue weighted by atomic mass is 32.2. The number of aliphatic hydroxyl groups excluding tert-OH is 1. The second-order valence-electron chi connectivity index (χ2n) is 4.27. The van der Waals surface area contributed by atoms with Crippen molar-refractivity contribution in [3.8, 4) is 11.8 Å². The van der Waals surface area contributed by atoms with E-state index in [-0.39, 0.29) is 17.5 Å². The van der Waals surface area contributed by atoms with Gasteiger partial charge in [0.15, 0.2) is 9.84 Å². The molecule has 0 unspecified atom stereocenters. The predicted octanol–water partition coefficient (Wildman–Crippen LogP) is 1.47. The van der Waals surface area contributed by atoms with Crippen molar-refractivity contribution in [2.45, 2.75) is 18.4 Å². The maximum absolute atomic E-state index is 11.5. The van der Waals surface area contributed by atoms with Crippen LogP contribution in [-0.2, 0) is 16.4 Å². The highest BCUT2D eigenvalue weighted by Crippen LogP contribution is 2.22. The molecule has 2 rings (SSSR count). The quantitative estimate of drug-likeness (QED) is 0.918. The van der Waals surface area contributed by atoms with Crippen LogP contribution in [0.5, 0.6) is 11.8 Å². The van der Waals surface area contributed by atoms with Crippen LogP contribution in [0, 0.1) is 6.92 Å². The summed E-state index contributed by atoms with van der Waals surface area (Å²) >= 11 is 0. The molecule has 0 aliphatic heterocycles. The van der Waals surface area contributed by atoms with Crippen LogP contribution in [0.25, 0.3) is 0 Å². The monoisotopic (exact) mass is 294 g/mol. The Bertz CT molecular complexity index is 729. The molecule has 0 amide bonds. The average Bonchev–Trinajstić information content (AvgIpc) is 2.38. The zero-order valence-corrected chi connectivity index (χ0v) is 11.9. The molecule has 7 heteroatoms. The summed E-state index contributed by atoms with van der Waals surface area (Å²) in [6.07, 6.45) is 2.60. The first-order valence-electron chi connectivity index (χ1n) is 5.81.